The number of allylic oxidation sites excluding steroid dienone is 5. The van der Waals surface area contributed by atoms with Crippen molar-refractivity contribution in [3.05, 3.63) is 89.5 Å². The predicted molar refractivity (Wildman–Crippen MR) is 87.5 cm³/mol. The standard InChI is InChI=1S/C20H18/c1-2-6-16-9-11-18-13-14-20(15-19(18)12-10-16)17-7-4-3-5-8-17/h2-10,12-15H,11H2,1H3. The molecule has 0 heteroatoms. The van der Waals surface area contributed by atoms with Crippen molar-refractivity contribution in [3.8, 4) is 11.1 Å². The van der Waals surface area contributed by atoms with Crippen molar-refractivity contribution in [2.75, 3.05) is 0 Å². The van der Waals surface area contributed by atoms with Crippen molar-refractivity contribution in [3.63, 3.8) is 0 Å². The van der Waals surface area contributed by atoms with Gasteiger partial charge in [-0.05, 0) is 47.2 Å². The Labute approximate surface area is 120 Å². The molecule has 0 unspecified atom stereocenters. The lowest BCUT2D eigenvalue weighted by atomic mass is 9.98. The highest BCUT2D eigenvalue weighted by atomic mass is 14.1. The van der Waals surface area contributed by atoms with E-state index in [1.165, 1.54) is 27.8 Å². The van der Waals surface area contributed by atoms with Gasteiger partial charge >= 0.3 is 0 Å². The average Bonchev–Trinajstić information content (AvgIpc) is 2.71. The van der Waals surface area contributed by atoms with Gasteiger partial charge in [0.1, 0.15) is 0 Å². The van der Waals surface area contributed by atoms with Crippen LogP contribution >= 0.6 is 0 Å². The summed E-state index contributed by atoms with van der Waals surface area (Å²) in [6.45, 7) is 2.06. The summed E-state index contributed by atoms with van der Waals surface area (Å²) in [5.74, 6) is 0. The second-order valence-corrected chi connectivity index (χ2v) is 5.02. The fraction of sp³-hybridized carbons (Fsp3) is 0.100. The molecular formula is C20H18. The molecule has 0 saturated carbocycles. The third-order valence-corrected chi connectivity index (χ3v) is 3.63. The molecule has 98 valence electrons. The Hall–Kier alpha value is -2.34. The number of hydrogen-bond acceptors (Lipinski definition) is 0. The van der Waals surface area contributed by atoms with Crippen LogP contribution in [-0.2, 0) is 6.42 Å². The number of benzene rings is 2. The average molecular weight is 258 g/mol. The Morgan fingerprint density at radius 2 is 1.75 bits per heavy atom. The molecule has 1 aliphatic rings. The van der Waals surface area contributed by atoms with E-state index in [2.05, 4.69) is 85.8 Å². The zero-order valence-electron chi connectivity index (χ0n) is 11.7. The number of hydrogen-bond donors (Lipinski definition) is 0. The fourth-order valence-corrected chi connectivity index (χ4v) is 2.54. The van der Waals surface area contributed by atoms with Crippen molar-refractivity contribution < 1.29 is 0 Å². The highest BCUT2D eigenvalue weighted by Crippen LogP contribution is 2.26. The Kier molecular flexibility index (Phi) is 3.64. The van der Waals surface area contributed by atoms with Crippen molar-refractivity contribution >= 4 is 6.08 Å². The van der Waals surface area contributed by atoms with Crippen LogP contribution in [0.15, 0.2) is 78.4 Å². The molecule has 1 aliphatic carbocycles. The van der Waals surface area contributed by atoms with Crippen LogP contribution in [0.2, 0.25) is 0 Å². The van der Waals surface area contributed by atoms with Crippen LogP contribution in [0.1, 0.15) is 18.1 Å². The fourth-order valence-electron chi connectivity index (χ4n) is 2.54. The molecule has 3 rings (SSSR count). The van der Waals surface area contributed by atoms with Gasteiger partial charge in [0, 0.05) is 0 Å². The van der Waals surface area contributed by atoms with Gasteiger partial charge in [0.25, 0.3) is 0 Å². The Bertz CT molecular complexity index is 685. The summed E-state index contributed by atoms with van der Waals surface area (Å²) in [7, 11) is 0. The van der Waals surface area contributed by atoms with E-state index in [1.54, 1.807) is 0 Å². The highest BCUT2D eigenvalue weighted by Gasteiger charge is 2.05. The molecule has 0 aromatic heterocycles. The van der Waals surface area contributed by atoms with Gasteiger partial charge in [-0.15, -0.1) is 0 Å². The largest absolute Gasteiger partial charge is 0.0871 e. The Morgan fingerprint density at radius 3 is 2.55 bits per heavy atom. The molecule has 0 aliphatic heterocycles. The molecule has 0 saturated heterocycles. The third-order valence-electron chi connectivity index (χ3n) is 3.63. The zero-order chi connectivity index (χ0) is 13.8. The summed E-state index contributed by atoms with van der Waals surface area (Å²) in [6.07, 6.45) is 11.9. The van der Waals surface area contributed by atoms with E-state index in [4.69, 9.17) is 0 Å². The smallest absolute Gasteiger partial charge is 0.00825 e. The summed E-state index contributed by atoms with van der Waals surface area (Å²) in [5.41, 5.74) is 6.55. The minimum absolute atomic E-state index is 0.997. The quantitative estimate of drug-likeness (QED) is 0.674. The second kappa shape index (κ2) is 5.75. The predicted octanol–water partition coefficient (Wildman–Crippen LogP) is 5.43. The van der Waals surface area contributed by atoms with E-state index < -0.39 is 0 Å². The number of fused-ring (bicyclic) bond motifs is 1. The molecule has 0 fully saturated rings. The van der Waals surface area contributed by atoms with Crippen molar-refractivity contribution in [1.82, 2.24) is 0 Å². The van der Waals surface area contributed by atoms with Crippen molar-refractivity contribution in [2.24, 2.45) is 0 Å². The van der Waals surface area contributed by atoms with Gasteiger partial charge in [0.2, 0.25) is 0 Å². The van der Waals surface area contributed by atoms with Gasteiger partial charge in [-0.25, -0.2) is 0 Å². The molecule has 0 heterocycles. The van der Waals surface area contributed by atoms with E-state index in [9.17, 15) is 0 Å². The normalized spacial score (nSPS) is 13.9. The molecule has 20 heavy (non-hydrogen) atoms. The summed E-state index contributed by atoms with van der Waals surface area (Å²) >= 11 is 0. The van der Waals surface area contributed by atoms with E-state index in [-0.39, 0.29) is 0 Å². The first-order chi connectivity index (χ1) is 9.86. The topological polar surface area (TPSA) is 0 Å². The maximum absolute atomic E-state index is 2.29. The molecule has 2 aromatic rings. The minimum atomic E-state index is 0.997. The maximum Gasteiger partial charge on any atom is -0.00825 e. The van der Waals surface area contributed by atoms with Crippen LogP contribution in [-0.4, -0.2) is 0 Å². The van der Waals surface area contributed by atoms with Crippen molar-refractivity contribution in [2.45, 2.75) is 13.3 Å². The molecule has 0 spiro atoms. The Balaban J connectivity index is 1.98. The van der Waals surface area contributed by atoms with Crippen LogP contribution in [0.4, 0.5) is 0 Å². The molecular weight excluding hydrogens is 240 g/mol. The molecule has 0 atom stereocenters. The zero-order valence-corrected chi connectivity index (χ0v) is 11.7. The molecule has 0 radical (unpaired) electrons. The monoisotopic (exact) mass is 258 g/mol. The second-order valence-electron chi connectivity index (χ2n) is 5.02. The summed E-state index contributed by atoms with van der Waals surface area (Å²) in [4.78, 5) is 0. The minimum Gasteiger partial charge on any atom is -0.0871 e. The first kappa shape index (κ1) is 12.7. The highest BCUT2D eigenvalue weighted by molar-refractivity contribution is 5.70. The lowest BCUT2D eigenvalue weighted by Crippen LogP contribution is -1.87. The Morgan fingerprint density at radius 1 is 0.900 bits per heavy atom. The number of rotatable bonds is 2. The lowest BCUT2D eigenvalue weighted by molar-refractivity contribution is 1.26. The third kappa shape index (κ3) is 2.65. The maximum atomic E-state index is 2.29. The van der Waals surface area contributed by atoms with Gasteiger partial charge in [-0.3, -0.25) is 0 Å². The van der Waals surface area contributed by atoms with E-state index in [0.717, 1.165) is 6.42 Å². The van der Waals surface area contributed by atoms with Gasteiger partial charge in [0.15, 0.2) is 0 Å². The SMILES string of the molecule is CC=CC1=CCc2ccc(-c3ccccc3)cc2C=C1. The molecule has 0 nitrogen and oxygen atoms in total. The van der Waals surface area contributed by atoms with Gasteiger partial charge in [-0.2, -0.15) is 0 Å². The van der Waals surface area contributed by atoms with E-state index in [0.29, 0.717) is 0 Å². The summed E-state index contributed by atoms with van der Waals surface area (Å²) in [5, 5.41) is 0. The first-order valence-corrected chi connectivity index (χ1v) is 7.06. The van der Waals surface area contributed by atoms with Crippen molar-refractivity contribution in [1.29, 1.82) is 0 Å². The van der Waals surface area contributed by atoms with Crippen LogP contribution in [0, 0.1) is 0 Å². The molecule has 0 bridgehead atoms. The lowest BCUT2D eigenvalue weighted by Gasteiger charge is -2.07. The van der Waals surface area contributed by atoms with Gasteiger partial charge in [0.05, 0.1) is 0 Å². The van der Waals surface area contributed by atoms with Gasteiger partial charge in [-0.1, -0.05) is 72.8 Å². The molecule has 2 aromatic carbocycles. The molecule has 0 amide bonds. The van der Waals surface area contributed by atoms with Gasteiger partial charge < -0.3 is 0 Å². The van der Waals surface area contributed by atoms with E-state index in [1.807, 2.05) is 0 Å². The van der Waals surface area contributed by atoms with Crippen LogP contribution in [0.3, 0.4) is 0 Å². The summed E-state index contributed by atoms with van der Waals surface area (Å²) < 4.78 is 0. The first-order valence-electron chi connectivity index (χ1n) is 7.06. The van der Waals surface area contributed by atoms with Crippen LogP contribution < -0.4 is 0 Å². The van der Waals surface area contributed by atoms with Crippen LogP contribution in [0.5, 0.6) is 0 Å². The van der Waals surface area contributed by atoms with E-state index >= 15 is 0 Å². The summed E-state index contributed by atoms with van der Waals surface area (Å²) in [6, 6.07) is 17.3. The molecule has 0 N–H and O–H groups in total. The van der Waals surface area contributed by atoms with Crippen LogP contribution in [0.25, 0.3) is 17.2 Å².